The molecule has 0 saturated carbocycles. The number of hydrogen-bond donors (Lipinski definition) is 1. The van der Waals surface area contributed by atoms with Crippen LogP contribution in [-0.2, 0) is 0 Å². The lowest BCUT2D eigenvalue weighted by Gasteiger charge is -2.08. The molecular weight excluding hydrogens is 298 g/mol. The van der Waals surface area contributed by atoms with Crippen molar-refractivity contribution in [3.05, 3.63) is 53.6 Å². The minimum Gasteiger partial charge on any atom is -0.496 e. The Balaban J connectivity index is 2.26. The predicted molar refractivity (Wildman–Crippen MR) is 90.1 cm³/mol. The number of fused-ring (bicyclic) bond motifs is 1. The van der Waals surface area contributed by atoms with Gasteiger partial charge >= 0.3 is 0 Å². The molecule has 1 heterocycles. The average molecular weight is 314 g/mol. The third-order valence-electron chi connectivity index (χ3n) is 3.79. The number of hydrogen-bond acceptors (Lipinski definition) is 2. The summed E-state index contributed by atoms with van der Waals surface area (Å²) in [5, 5.41) is 0.900. The second-order valence-electron chi connectivity index (χ2n) is 5.16. The lowest BCUT2D eigenvalue weighted by Crippen LogP contribution is -2.01. The van der Waals surface area contributed by atoms with Crippen LogP contribution in [0, 0.1) is 6.92 Å². The number of ketones is 1. The topological polar surface area (TPSA) is 42.1 Å². The molecule has 0 unspecified atom stereocenters. The predicted octanol–water partition coefficient (Wildman–Crippen LogP) is 4.57. The molecule has 0 spiro atoms. The Morgan fingerprint density at radius 1 is 1.23 bits per heavy atom. The number of halogens is 1. The van der Waals surface area contributed by atoms with Gasteiger partial charge in [-0.2, -0.15) is 0 Å². The van der Waals surface area contributed by atoms with Gasteiger partial charge < -0.3 is 9.72 Å². The van der Waals surface area contributed by atoms with Gasteiger partial charge in [0.25, 0.3) is 0 Å². The van der Waals surface area contributed by atoms with Gasteiger partial charge in [0.15, 0.2) is 5.78 Å². The fraction of sp³-hybridized carbons (Fsp3) is 0.167. The van der Waals surface area contributed by atoms with Crippen LogP contribution < -0.4 is 4.74 Å². The number of rotatable bonds is 4. The number of benzene rings is 2. The van der Waals surface area contributed by atoms with Crippen LogP contribution in [0.3, 0.4) is 0 Å². The average Bonchev–Trinajstić information content (AvgIpc) is 2.93. The molecule has 0 fully saturated rings. The number of aromatic nitrogens is 1. The lowest BCUT2D eigenvalue weighted by molar-refractivity contribution is 0.102. The quantitative estimate of drug-likeness (QED) is 0.566. The molecule has 112 valence electrons. The van der Waals surface area contributed by atoms with Gasteiger partial charge in [-0.1, -0.05) is 18.2 Å². The van der Waals surface area contributed by atoms with Gasteiger partial charge in [-0.15, -0.1) is 11.6 Å². The number of aryl methyl sites for hydroxylation is 1. The molecular formula is C18H16ClNO2. The Kier molecular flexibility index (Phi) is 3.90. The fourth-order valence-electron chi connectivity index (χ4n) is 2.75. The highest BCUT2D eigenvalue weighted by Crippen LogP contribution is 2.33. The molecule has 1 aromatic heterocycles. The van der Waals surface area contributed by atoms with Crippen LogP contribution in [-0.4, -0.2) is 23.8 Å². The number of ether oxygens (including phenoxy) is 1. The van der Waals surface area contributed by atoms with Crippen molar-refractivity contribution in [3.8, 4) is 17.0 Å². The minimum absolute atomic E-state index is 0.0377. The Hall–Kier alpha value is -2.26. The van der Waals surface area contributed by atoms with Gasteiger partial charge in [0, 0.05) is 10.9 Å². The van der Waals surface area contributed by atoms with E-state index in [0.717, 1.165) is 33.5 Å². The number of H-pyrrole nitrogens is 1. The summed E-state index contributed by atoms with van der Waals surface area (Å²) in [5.74, 6) is 0.705. The van der Waals surface area contributed by atoms with Crippen LogP contribution in [0.4, 0.5) is 0 Å². The largest absolute Gasteiger partial charge is 0.496 e. The van der Waals surface area contributed by atoms with E-state index in [0.29, 0.717) is 5.56 Å². The Labute approximate surface area is 133 Å². The summed E-state index contributed by atoms with van der Waals surface area (Å²) in [6.07, 6.45) is 0. The van der Waals surface area contributed by atoms with Crippen molar-refractivity contribution in [3.63, 3.8) is 0 Å². The number of carbonyl (C=O) groups excluding carboxylic acids is 1. The van der Waals surface area contributed by atoms with Crippen molar-refractivity contribution in [1.29, 1.82) is 0 Å². The Morgan fingerprint density at radius 2 is 2.00 bits per heavy atom. The first-order valence-corrected chi connectivity index (χ1v) is 7.54. The zero-order valence-electron chi connectivity index (χ0n) is 12.4. The van der Waals surface area contributed by atoms with Crippen molar-refractivity contribution in [2.24, 2.45) is 0 Å². The van der Waals surface area contributed by atoms with Crippen molar-refractivity contribution in [1.82, 2.24) is 4.98 Å². The van der Waals surface area contributed by atoms with Gasteiger partial charge in [0.2, 0.25) is 0 Å². The summed E-state index contributed by atoms with van der Waals surface area (Å²) in [5.41, 5.74) is 4.35. The van der Waals surface area contributed by atoms with Crippen LogP contribution in [0.1, 0.15) is 15.9 Å². The minimum atomic E-state index is -0.0809. The second-order valence-corrected chi connectivity index (χ2v) is 5.43. The molecule has 0 aliphatic carbocycles. The van der Waals surface area contributed by atoms with Crippen LogP contribution in [0.2, 0.25) is 0 Å². The normalized spacial score (nSPS) is 10.9. The van der Waals surface area contributed by atoms with E-state index in [1.54, 1.807) is 7.11 Å². The molecule has 3 aromatic rings. The summed E-state index contributed by atoms with van der Waals surface area (Å²) in [6, 6.07) is 13.6. The number of aromatic amines is 1. The maximum atomic E-state index is 12.3. The van der Waals surface area contributed by atoms with E-state index < -0.39 is 0 Å². The number of nitrogens with one attached hydrogen (secondary N) is 1. The zero-order chi connectivity index (χ0) is 15.7. The molecule has 2 aromatic carbocycles. The summed E-state index contributed by atoms with van der Waals surface area (Å²) in [4.78, 5) is 15.7. The lowest BCUT2D eigenvalue weighted by atomic mass is 10.0. The molecule has 0 amide bonds. The molecule has 3 nitrogen and oxygen atoms in total. The van der Waals surface area contributed by atoms with E-state index in [1.165, 1.54) is 0 Å². The third-order valence-corrected chi connectivity index (χ3v) is 4.03. The molecule has 0 aliphatic rings. The maximum absolute atomic E-state index is 12.3. The van der Waals surface area contributed by atoms with Gasteiger partial charge in [0.1, 0.15) is 5.75 Å². The van der Waals surface area contributed by atoms with E-state index in [-0.39, 0.29) is 11.7 Å². The maximum Gasteiger partial charge on any atom is 0.180 e. The molecule has 0 bridgehead atoms. The van der Waals surface area contributed by atoms with Gasteiger partial charge in [-0.05, 0) is 42.3 Å². The molecule has 1 N–H and O–H groups in total. The molecule has 3 rings (SSSR count). The van der Waals surface area contributed by atoms with E-state index >= 15 is 0 Å². The molecule has 0 radical (unpaired) electrons. The van der Waals surface area contributed by atoms with Crippen LogP contribution >= 0.6 is 11.6 Å². The van der Waals surface area contributed by atoms with E-state index in [9.17, 15) is 4.79 Å². The SMILES string of the molecule is COc1ccc(-c2[nH]c3ccccc3c2C(=O)CCl)cc1C. The van der Waals surface area contributed by atoms with E-state index in [1.807, 2.05) is 49.4 Å². The van der Waals surface area contributed by atoms with Gasteiger partial charge in [-0.3, -0.25) is 4.79 Å². The van der Waals surface area contributed by atoms with E-state index in [2.05, 4.69) is 4.98 Å². The van der Waals surface area contributed by atoms with Crippen LogP contribution in [0.25, 0.3) is 22.2 Å². The van der Waals surface area contributed by atoms with Crippen molar-refractivity contribution in [2.75, 3.05) is 13.0 Å². The van der Waals surface area contributed by atoms with Crippen molar-refractivity contribution < 1.29 is 9.53 Å². The first-order chi connectivity index (χ1) is 10.7. The second kappa shape index (κ2) is 5.85. The number of Topliss-reactive ketones (excluding diaryl/α,β-unsaturated/α-hetero) is 1. The zero-order valence-corrected chi connectivity index (χ0v) is 13.2. The van der Waals surface area contributed by atoms with E-state index in [4.69, 9.17) is 16.3 Å². The summed E-state index contributed by atoms with van der Waals surface area (Å²) >= 11 is 5.80. The van der Waals surface area contributed by atoms with Gasteiger partial charge in [0.05, 0.1) is 24.2 Å². The molecule has 4 heteroatoms. The smallest absolute Gasteiger partial charge is 0.180 e. The number of carbonyl (C=O) groups is 1. The van der Waals surface area contributed by atoms with Gasteiger partial charge in [-0.25, -0.2) is 0 Å². The molecule has 22 heavy (non-hydrogen) atoms. The fourth-order valence-corrected chi connectivity index (χ4v) is 2.88. The third kappa shape index (κ3) is 2.38. The number of para-hydroxylation sites is 1. The molecule has 0 atom stereocenters. The summed E-state index contributed by atoms with van der Waals surface area (Å²) in [6.45, 7) is 1.98. The summed E-state index contributed by atoms with van der Waals surface area (Å²) in [7, 11) is 1.65. The van der Waals surface area contributed by atoms with Crippen molar-refractivity contribution >= 4 is 28.3 Å². The standard InChI is InChI=1S/C18H16ClNO2/c1-11-9-12(7-8-16(11)22-2)18-17(15(21)10-19)13-5-3-4-6-14(13)20-18/h3-9,20H,10H2,1-2H3. The number of alkyl halides is 1. The van der Waals surface area contributed by atoms with Crippen molar-refractivity contribution in [2.45, 2.75) is 6.92 Å². The Bertz CT molecular complexity index is 851. The first-order valence-electron chi connectivity index (χ1n) is 7.00. The first kappa shape index (κ1) is 14.7. The molecule has 0 saturated heterocycles. The summed E-state index contributed by atoms with van der Waals surface area (Å²) < 4.78 is 5.30. The highest BCUT2D eigenvalue weighted by atomic mass is 35.5. The number of methoxy groups -OCH3 is 1. The monoisotopic (exact) mass is 313 g/mol. The molecule has 0 aliphatic heterocycles. The van der Waals surface area contributed by atoms with Crippen LogP contribution in [0.5, 0.6) is 5.75 Å². The van der Waals surface area contributed by atoms with Crippen LogP contribution in [0.15, 0.2) is 42.5 Å². The highest BCUT2D eigenvalue weighted by Gasteiger charge is 2.19. The Morgan fingerprint density at radius 3 is 2.68 bits per heavy atom. The highest BCUT2D eigenvalue weighted by molar-refractivity contribution is 6.33.